The minimum Gasteiger partial charge on any atom is -0.399 e. The van der Waals surface area contributed by atoms with Crippen molar-refractivity contribution in [3.05, 3.63) is 11.4 Å². The van der Waals surface area contributed by atoms with Crippen molar-refractivity contribution in [1.29, 1.82) is 0 Å². The third-order valence-electron chi connectivity index (χ3n) is 4.55. The van der Waals surface area contributed by atoms with E-state index in [1.165, 1.54) is 4.68 Å². The van der Waals surface area contributed by atoms with E-state index >= 15 is 0 Å². The SMILES string of the molecule is CCCNC(=O)n1nc(C)c(B2OC(C)(C)C(C)(C)O2)c1C. The van der Waals surface area contributed by atoms with Crippen LogP contribution in [0.5, 0.6) is 0 Å². The van der Waals surface area contributed by atoms with E-state index in [0.29, 0.717) is 6.54 Å². The predicted molar refractivity (Wildman–Crippen MR) is 86.5 cm³/mol. The number of aryl methyl sites for hydroxylation is 1. The molecule has 1 aromatic rings. The Hall–Kier alpha value is -1.34. The largest absolute Gasteiger partial charge is 0.498 e. The van der Waals surface area contributed by atoms with Gasteiger partial charge in [-0.25, -0.2) is 4.79 Å². The normalized spacial score (nSPS) is 19.5. The van der Waals surface area contributed by atoms with Crippen LogP contribution in [0.15, 0.2) is 0 Å². The fourth-order valence-electron chi connectivity index (χ4n) is 2.46. The highest BCUT2D eigenvalue weighted by atomic mass is 16.7. The molecular formula is C15H26BN3O3. The van der Waals surface area contributed by atoms with E-state index < -0.39 is 18.3 Å². The molecule has 1 aromatic heterocycles. The lowest BCUT2D eigenvalue weighted by Gasteiger charge is -2.32. The summed E-state index contributed by atoms with van der Waals surface area (Å²) < 4.78 is 13.6. The summed E-state index contributed by atoms with van der Waals surface area (Å²) >= 11 is 0. The topological polar surface area (TPSA) is 65.4 Å². The number of hydrogen-bond donors (Lipinski definition) is 1. The van der Waals surface area contributed by atoms with Crippen molar-refractivity contribution in [1.82, 2.24) is 15.1 Å². The van der Waals surface area contributed by atoms with Crippen molar-refractivity contribution in [3.8, 4) is 0 Å². The van der Waals surface area contributed by atoms with E-state index in [1.54, 1.807) is 0 Å². The molecule has 0 aromatic carbocycles. The van der Waals surface area contributed by atoms with Crippen LogP contribution in [0.3, 0.4) is 0 Å². The molecule has 1 N–H and O–H groups in total. The Kier molecular flexibility index (Phi) is 4.41. The van der Waals surface area contributed by atoms with E-state index in [0.717, 1.165) is 23.3 Å². The number of amides is 1. The van der Waals surface area contributed by atoms with Crippen LogP contribution in [-0.4, -0.2) is 40.7 Å². The van der Waals surface area contributed by atoms with Crippen LogP contribution >= 0.6 is 0 Å². The van der Waals surface area contributed by atoms with Crippen molar-refractivity contribution in [2.75, 3.05) is 6.54 Å². The first kappa shape index (κ1) is 17.0. The molecule has 0 radical (unpaired) electrons. The maximum Gasteiger partial charge on any atom is 0.498 e. The molecule has 22 heavy (non-hydrogen) atoms. The summed E-state index contributed by atoms with van der Waals surface area (Å²) in [7, 11) is -0.502. The number of hydrogen-bond acceptors (Lipinski definition) is 4. The average Bonchev–Trinajstić information content (AvgIpc) is 2.80. The van der Waals surface area contributed by atoms with E-state index in [-0.39, 0.29) is 6.03 Å². The van der Waals surface area contributed by atoms with Crippen molar-refractivity contribution in [3.63, 3.8) is 0 Å². The number of rotatable bonds is 3. The highest BCUT2D eigenvalue weighted by Gasteiger charge is 2.53. The number of nitrogens with zero attached hydrogens (tertiary/aromatic N) is 2. The third kappa shape index (κ3) is 2.79. The van der Waals surface area contributed by atoms with E-state index in [4.69, 9.17) is 9.31 Å². The molecule has 0 aliphatic carbocycles. The Bertz CT molecular complexity index is 565. The van der Waals surface area contributed by atoms with Crippen LogP contribution in [0.1, 0.15) is 52.4 Å². The van der Waals surface area contributed by atoms with Crippen LogP contribution in [0.4, 0.5) is 4.79 Å². The minimum absolute atomic E-state index is 0.217. The van der Waals surface area contributed by atoms with Gasteiger partial charge < -0.3 is 14.6 Å². The second kappa shape index (κ2) is 5.70. The minimum atomic E-state index is -0.502. The Morgan fingerprint density at radius 1 is 1.23 bits per heavy atom. The van der Waals surface area contributed by atoms with Crippen LogP contribution in [0.25, 0.3) is 0 Å². The van der Waals surface area contributed by atoms with Crippen molar-refractivity contribution < 1.29 is 14.1 Å². The average molecular weight is 307 g/mol. The molecule has 0 atom stereocenters. The first-order valence-electron chi connectivity index (χ1n) is 7.80. The summed E-state index contributed by atoms with van der Waals surface area (Å²) in [5, 5.41) is 7.18. The van der Waals surface area contributed by atoms with Gasteiger partial charge in [0.1, 0.15) is 0 Å². The molecule has 0 saturated carbocycles. The van der Waals surface area contributed by atoms with Crippen LogP contribution in [0.2, 0.25) is 0 Å². The maximum absolute atomic E-state index is 12.2. The lowest BCUT2D eigenvalue weighted by Crippen LogP contribution is -2.41. The molecule has 0 spiro atoms. The van der Waals surface area contributed by atoms with Gasteiger partial charge in [0.15, 0.2) is 0 Å². The van der Waals surface area contributed by atoms with Gasteiger partial charge in [-0.05, 0) is 48.0 Å². The molecule has 1 saturated heterocycles. The van der Waals surface area contributed by atoms with E-state index in [1.807, 2.05) is 48.5 Å². The highest BCUT2D eigenvalue weighted by Crippen LogP contribution is 2.36. The third-order valence-corrected chi connectivity index (χ3v) is 4.55. The van der Waals surface area contributed by atoms with E-state index in [9.17, 15) is 4.79 Å². The summed E-state index contributed by atoms with van der Waals surface area (Å²) in [5.74, 6) is 0. The van der Waals surface area contributed by atoms with Crippen molar-refractivity contribution in [2.45, 2.75) is 66.1 Å². The molecular weight excluding hydrogens is 281 g/mol. The number of aromatic nitrogens is 2. The van der Waals surface area contributed by atoms with Crippen molar-refractivity contribution in [2.24, 2.45) is 0 Å². The second-order valence-corrected chi connectivity index (χ2v) is 6.82. The lowest BCUT2D eigenvalue weighted by atomic mass is 9.77. The van der Waals surface area contributed by atoms with Gasteiger partial charge in [0.05, 0.1) is 16.9 Å². The standard InChI is InChI=1S/C15H26BN3O3/c1-8-9-17-13(20)19-11(3)12(10(2)18-19)16-21-14(4,5)15(6,7)22-16/h8-9H2,1-7H3,(H,17,20). The zero-order valence-electron chi connectivity index (χ0n) is 14.6. The van der Waals surface area contributed by atoms with Gasteiger partial charge >= 0.3 is 13.1 Å². The molecule has 0 bridgehead atoms. The van der Waals surface area contributed by atoms with Gasteiger partial charge in [0, 0.05) is 17.7 Å². The quantitative estimate of drug-likeness (QED) is 0.864. The van der Waals surface area contributed by atoms with Gasteiger partial charge in [-0.3, -0.25) is 0 Å². The first-order valence-corrected chi connectivity index (χ1v) is 7.80. The Morgan fingerprint density at radius 3 is 2.27 bits per heavy atom. The molecule has 1 aliphatic rings. The van der Waals surface area contributed by atoms with Crippen LogP contribution < -0.4 is 10.8 Å². The predicted octanol–water partition coefficient (Wildman–Crippen LogP) is 1.77. The van der Waals surface area contributed by atoms with Gasteiger partial charge in [-0.1, -0.05) is 6.92 Å². The molecule has 2 heterocycles. The second-order valence-electron chi connectivity index (χ2n) is 6.82. The summed E-state index contributed by atoms with van der Waals surface area (Å²) in [4.78, 5) is 12.2. The molecule has 6 nitrogen and oxygen atoms in total. The molecule has 7 heteroatoms. The number of carbonyl (C=O) groups excluding carboxylic acids is 1. The summed E-state index contributed by atoms with van der Waals surface area (Å²) in [6.45, 7) is 14.4. The molecule has 1 aliphatic heterocycles. The lowest BCUT2D eigenvalue weighted by molar-refractivity contribution is 0.00578. The van der Waals surface area contributed by atoms with Gasteiger partial charge in [0.2, 0.25) is 0 Å². The maximum atomic E-state index is 12.2. The first-order chi connectivity index (χ1) is 10.1. The fraction of sp³-hybridized carbons (Fsp3) is 0.733. The summed E-state index contributed by atoms with van der Waals surface area (Å²) in [6.07, 6.45) is 0.884. The zero-order valence-corrected chi connectivity index (χ0v) is 14.6. The molecule has 0 unspecified atom stereocenters. The van der Waals surface area contributed by atoms with Crippen molar-refractivity contribution >= 4 is 18.6 Å². The molecule has 122 valence electrons. The summed E-state index contributed by atoms with van der Waals surface area (Å²) in [6, 6.07) is -0.217. The Morgan fingerprint density at radius 2 is 1.77 bits per heavy atom. The zero-order chi connectivity index (χ0) is 16.7. The Balaban J connectivity index is 2.31. The molecule has 1 fully saturated rings. The highest BCUT2D eigenvalue weighted by molar-refractivity contribution is 6.63. The smallest absolute Gasteiger partial charge is 0.399 e. The van der Waals surface area contributed by atoms with Gasteiger partial charge in [-0.2, -0.15) is 9.78 Å². The van der Waals surface area contributed by atoms with E-state index in [2.05, 4.69) is 10.4 Å². The van der Waals surface area contributed by atoms with Gasteiger partial charge in [-0.15, -0.1) is 0 Å². The molecule has 2 rings (SSSR count). The summed E-state index contributed by atoms with van der Waals surface area (Å²) in [5.41, 5.74) is 1.52. The Labute approximate surface area is 132 Å². The number of carbonyl (C=O) groups is 1. The fourth-order valence-corrected chi connectivity index (χ4v) is 2.46. The number of nitrogens with one attached hydrogen (secondary N) is 1. The van der Waals surface area contributed by atoms with Crippen LogP contribution in [-0.2, 0) is 9.31 Å². The van der Waals surface area contributed by atoms with Crippen LogP contribution in [0, 0.1) is 13.8 Å². The van der Waals surface area contributed by atoms with Gasteiger partial charge in [0.25, 0.3) is 0 Å². The molecule has 1 amide bonds. The monoisotopic (exact) mass is 307 g/mol.